The number of amides is 2. The van der Waals surface area contributed by atoms with Gasteiger partial charge in [0.05, 0.1) is 5.69 Å². The predicted molar refractivity (Wildman–Crippen MR) is 107 cm³/mol. The minimum atomic E-state index is -0.144. The Morgan fingerprint density at radius 1 is 1.22 bits per heavy atom. The van der Waals surface area contributed by atoms with Crippen molar-refractivity contribution in [1.29, 1.82) is 0 Å². The first kappa shape index (κ1) is 17.3. The van der Waals surface area contributed by atoms with E-state index in [-0.39, 0.29) is 17.4 Å². The Kier molecular flexibility index (Phi) is 4.02. The highest BCUT2D eigenvalue weighted by atomic mass is 16.5. The number of carbonyl (C=O) groups is 2. The normalized spacial score (nSPS) is 18.3. The van der Waals surface area contributed by atoms with Gasteiger partial charge < -0.3 is 15.4 Å². The molecule has 2 heterocycles. The molecular formula is C22H22N2O3. The standard InChI is InChI=1S/C22H22N2O3/c1-13(25)23-16-5-6-17-18(21(26)24-19(17)12-16)11-14-4-7-20-15(10-14)8-9-22(2,3)27-20/h4-7,10-12H,8-9H2,1-3H3,(H,23,25)(H,24,26)/b18-11-. The molecule has 138 valence electrons. The molecule has 2 aromatic carbocycles. The average Bonchev–Trinajstić information content (AvgIpc) is 2.89. The molecule has 0 radical (unpaired) electrons. The van der Waals surface area contributed by atoms with Crippen molar-refractivity contribution in [3.8, 4) is 5.75 Å². The Bertz CT molecular complexity index is 989. The Hall–Kier alpha value is -3.08. The number of ether oxygens (including phenoxy) is 1. The van der Waals surface area contributed by atoms with Gasteiger partial charge in [-0.25, -0.2) is 0 Å². The van der Waals surface area contributed by atoms with E-state index in [9.17, 15) is 9.59 Å². The van der Waals surface area contributed by atoms with Crippen LogP contribution in [-0.2, 0) is 16.0 Å². The molecule has 2 N–H and O–H groups in total. The Balaban J connectivity index is 1.66. The third kappa shape index (κ3) is 3.45. The fourth-order valence-corrected chi connectivity index (χ4v) is 3.55. The number of fused-ring (bicyclic) bond motifs is 2. The van der Waals surface area contributed by atoms with Crippen LogP contribution >= 0.6 is 0 Å². The summed E-state index contributed by atoms with van der Waals surface area (Å²) in [6.07, 6.45) is 3.83. The van der Waals surface area contributed by atoms with Crippen molar-refractivity contribution < 1.29 is 14.3 Å². The van der Waals surface area contributed by atoms with E-state index in [1.165, 1.54) is 12.5 Å². The van der Waals surface area contributed by atoms with Gasteiger partial charge in [-0.1, -0.05) is 12.1 Å². The lowest BCUT2D eigenvalue weighted by Crippen LogP contribution is -2.32. The van der Waals surface area contributed by atoms with Gasteiger partial charge >= 0.3 is 0 Å². The van der Waals surface area contributed by atoms with Crippen molar-refractivity contribution in [3.05, 3.63) is 53.1 Å². The van der Waals surface area contributed by atoms with E-state index >= 15 is 0 Å². The number of carbonyl (C=O) groups excluding carboxylic acids is 2. The van der Waals surface area contributed by atoms with E-state index in [2.05, 4.69) is 30.5 Å². The average molecular weight is 362 g/mol. The molecule has 27 heavy (non-hydrogen) atoms. The van der Waals surface area contributed by atoms with E-state index in [4.69, 9.17) is 4.74 Å². The van der Waals surface area contributed by atoms with E-state index in [0.29, 0.717) is 16.9 Å². The smallest absolute Gasteiger partial charge is 0.256 e. The second-order valence-corrected chi connectivity index (χ2v) is 7.68. The highest BCUT2D eigenvalue weighted by molar-refractivity contribution is 6.35. The quantitative estimate of drug-likeness (QED) is 0.785. The van der Waals surface area contributed by atoms with Crippen LogP contribution in [0.5, 0.6) is 5.75 Å². The van der Waals surface area contributed by atoms with E-state index in [1.54, 1.807) is 12.1 Å². The maximum Gasteiger partial charge on any atom is 0.256 e. The molecule has 0 spiro atoms. The Morgan fingerprint density at radius 3 is 2.81 bits per heavy atom. The van der Waals surface area contributed by atoms with Gasteiger partial charge in [0, 0.05) is 23.7 Å². The number of anilines is 2. The van der Waals surface area contributed by atoms with E-state index < -0.39 is 0 Å². The van der Waals surface area contributed by atoms with Crippen LogP contribution in [0, 0.1) is 0 Å². The number of benzene rings is 2. The number of nitrogens with one attached hydrogen (secondary N) is 2. The number of hydrogen-bond acceptors (Lipinski definition) is 3. The summed E-state index contributed by atoms with van der Waals surface area (Å²) in [6.45, 7) is 5.65. The summed E-state index contributed by atoms with van der Waals surface area (Å²) in [5.41, 5.74) is 4.84. The molecule has 0 unspecified atom stereocenters. The molecule has 0 atom stereocenters. The zero-order valence-corrected chi connectivity index (χ0v) is 15.7. The van der Waals surface area contributed by atoms with Gasteiger partial charge in [0.15, 0.2) is 0 Å². The van der Waals surface area contributed by atoms with Gasteiger partial charge in [0.2, 0.25) is 5.91 Å². The molecule has 0 fully saturated rings. The molecular weight excluding hydrogens is 340 g/mol. The molecule has 5 nitrogen and oxygen atoms in total. The maximum atomic E-state index is 12.5. The van der Waals surface area contributed by atoms with Gasteiger partial charge in [-0.2, -0.15) is 0 Å². The highest BCUT2D eigenvalue weighted by Gasteiger charge is 2.27. The van der Waals surface area contributed by atoms with Crippen LogP contribution in [0.4, 0.5) is 11.4 Å². The molecule has 2 amide bonds. The third-order valence-electron chi connectivity index (χ3n) is 4.90. The first-order valence-corrected chi connectivity index (χ1v) is 9.08. The van der Waals surface area contributed by atoms with E-state index in [1.807, 2.05) is 24.3 Å². The number of hydrogen-bond donors (Lipinski definition) is 2. The van der Waals surface area contributed by atoms with Crippen molar-refractivity contribution in [1.82, 2.24) is 0 Å². The molecule has 0 aromatic heterocycles. The summed E-state index contributed by atoms with van der Waals surface area (Å²) < 4.78 is 6.03. The second kappa shape index (κ2) is 6.27. The van der Waals surface area contributed by atoms with Gasteiger partial charge in [0.25, 0.3) is 5.91 Å². The topological polar surface area (TPSA) is 67.4 Å². The van der Waals surface area contributed by atoms with Gasteiger partial charge in [-0.3, -0.25) is 9.59 Å². The van der Waals surface area contributed by atoms with Crippen LogP contribution < -0.4 is 15.4 Å². The summed E-state index contributed by atoms with van der Waals surface area (Å²) in [5.74, 6) is 0.638. The van der Waals surface area contributed by atoms with Crippen LogP contribution in [0.15, 0.2) is 36.4 Å². The second-order valence-electron chi connectivity index (χ2n) is 7.68. The van der Waals surface area contributed by atoms with Crippen molar-refractivity contribution in [3.63, 3.8) is 0 Å². The van der Waals surface area contributed by atoms with Gasteiger partial charge in [-0.15, -0.1) is 0 Å². The monoisotopic (exact) mass is 362 g/mol. The minimum absolute atomic E-state index is 0.136. The molecule has 0 bridgehead atoms. The molecule has 0 saturated heterocycles. The van der Waals surface area contributed by atoms with Crippen LogP contribution in [-0.4, -0.2) is 17.4 Å². The molecule has 5 heteroatoms. The molecule has 0 saturated carbocycles. The summed E-state index contributed by atoms with van der Waals surface area (Å²) in [5, 5.41) is 5.60. The number of aryl methyl sites for hydroxylation is 1. The maximum absolute atomic E-state index is 12.5. The zero-order chi connectivity index (χ0) is 19.2. The van der Waals surface area contributed by atoms with Crippen LogP contribution in [0.2, 0.25) is 0 Å². The lowest BCUT2D eigenvalue weighted by molar-refractivity contribution is -0.114. The summed E-state index contributed by atoms with van der Waals surface area (Å²) in [6, 6.07) is 11.5. The largest absolute Gasteiger partial charge is 0.488 e. The SMILES string of the molecule is CC(=O)Nc1ccc2c(c1)NC(=O)/C2=C\c1ccc2c(c1)CCC(C)(C)O2. The fraction of sp³-hybridized carbons (Fsp3) is 0.273. The molecule has 2 aliphatic rings. The van der Waals surface area contributed by atoms with Crippen molar-refractivity contribution in [2.75, 3.05) is 10.6 Å². The summed E-state index contributed by atoms with van der Waals surface area (Å²) >= 11 is 0. The number of rotatable bonds is 2. The van der Waals surface area contributed by atoms with Crippen LogP contribution in [0.1, 0.15) is 43.9 Å². The molecule has 2 aliphatic heterocycles. The molecule has 0 aliphatic carbocycles. The van der Waals surface area contributed by atoms with Crippen molar-refractivity contribution in [2.45, 2.75) is 39.2 Å². The van der Waals surface area contributed by atoms with Gasteiger partial charge in [0.1, 0.15) is 11.4 Å². The molecule has 2 aromatic rings. The Morgan fingerprint density at radius 2 is 2.04 bits per heavy atom. The summed E-state index contributed by atoms with van der Waals surface area (Å²) in [4.78, 5) is 23.7. The first-order valence-electron chi connectivity index (χ1n) is 9.08. The first-order chi connectivity index (χ1) is 12.8. The highest BCUT2D eigenvalue weighted by Crippen LogP contribution is 2.37. The van der Waals surface area contributed by atoms with E-state index in [0.717, 1.165) is 29.7 Å². The zero-order valence-electron chi connectivity index (χ0n) is 15.7. The summed E-state index contributed by atoms with van der Waals surface area (Å²) in [7, 11) is 0. The predicted octanol–water partition coefficient (Wildman–Crippen LogP) is 4.24. The van der Waals surface area contributed by atoms with Crippen LogP contribution in [0.3, 0.4) is 0 Å². The van der Waals surface area contributed by atoms with Gasteiger partial charge in [-0.05, 0) is 68.2 Å². The molecule has 4 rings (SSSR count). The van der Waals surface area contributed by atoms with Crippen LogP contribution in [0.25, 0.3) is 11.6 Å². The lowest BCUT2D eigenvalue weighted by Gasteiger charge is -2.32. The van der Waals surface area contributed by atoms with Crippen molar-refractivity contribution in [2.24, 2.45) is 0 Å². The van der Waals surface area contributed by atoms with Crippen molar-refractivity contribution >= 4 is 34.8 Å². The lowest BCUT2D eigenvalue weighted by atomic mass is 9.93. The minimum Gasteiger partial charge on any atom is -0.488 e. The third-order valence-corrected chi connectivity index (χ3v) is 4.90. The fourth-order valence-electron chi connectivity index (χ4n) is 3.55. The Labute approximate surface area is 158 Å².